The van der Waals surface area contributed by atoms with Crippen LogP contribution in [0, 0.1) is 6.92 Å². The maximum absolute atomic E-state index is 5.73. The van der Waals surface area contributed by atoms with E-state index in [1.165, 1.54) is 22.3 Å². The van der Waals surface area contributed by atoms with Crippen molar-refractivity contribution in [3.63, 3.8) is 0 Å². The average Bonchev–Trinajstić information content (AvgIpc) is 2.39. The van der Waals surface area contributed by atoms with Crippen LogP contribution in [0.15, 0.2) is 42.5 Å². The third-order valence-corrected chi connectivity index (χ3v) is 3.14. The van der Waals surface area contributed by atoms with Gasteiger partial charge in [0.2, 0.25) is 0 Å². The van der Waals surface area contributed by atoms with Gasteiger partial charge in [-0.3, -0.25) is 0 Å². The summed E-state index contributed by atoms with van der Waals surface area (Å²) >= 11 is 0. The lowest BCUT2D eigenvalue weighted by Crippen LogP contribution is -2.00. The Balaban J connectivity index is 2.52. The van der Waals surface area contributed by atoms with Gasteiger partial charge in [-0.1, -0.05) is 36.4 Å². The molecule has 4 N–H and O–H groups in total. The molecule has 0 radical (unpaired) electrons. The number of nitrogens with two attached hydrogens (primary N) is 2. The molecule has 2 nitrogen and oxygen atoms in total. The zero-order valence-electron chi connectivity index (χ0n) is 10.1. The second-order valence-electron chi connectivity index (χ2n) is 4.20. The molecule has 0 aliphatic carbocycles. The predicted molar refractivity (Wildman–Crippen MR) is 72.4 cm³/mol. The van der Waals surface area contributed by atoms with Gasteiger partial charge in [0.25, 0.3) is 0 Å². The minimum atomic E-state index is 0.573. The van der Waals surface area contributed by atoms with Crippen molar-refractivity contribution in [2.45, 2.75) is 20.0 Å². The topological polar surface area (TPSA) is 52.0 Å². The fourth-order valence-electron chi connectivity index (χ4n) is 2.08. The molecule has 0 unspecified atom stereocenters. The molecule has 2 aromatic rings. The maximum atomic E-state index is 5.73. The molecular formula is C15H18N2. The number of benzene rings is 2. The van der Waals surface area contributed by atoms with E-state index in [1.807, 2.05) is 12.1 Å². The molecule has 0 aromatic heterocycles. The summed E-state index contributed by atoms with van der Waals surface area (Å²) in [6.45, 7) is 3.27. The van der Waals surface area contributed by atoms with Gasteiger partial charge in [-0.15, -0.1) is 0 Å². The average molecular weight is 226 g/mol. The van der Waals surface area contributed by atoms with Crippen molar-refractivity contribution < 1.29 is 0 Å². The molecule has 0 saturated carbocycles. The highest BCUT2D eigenvalue weighted by molar-refractivity contribution is 5.69. The van der Waals surface area contributed by atoms with Gasteiger partial charge in [0.15, 0.2) is 0 Å². The molecule has 0 aliphatic rings. The largest absolute Gasteiger partial charge is 0.326 e. The van der Waals surface area contributed by atoms with Crippen molar-refractivity contribution in [2.75, 3.05) is 0 Å². The highest BCUT2D eigenvalue weighted by atomic mass is 14.5. The Bertz CT molecular complexity index is 518. The van der Waals surface area contributed by atoms with Crippen molar-refractivity contribution in [1.29, 1.82) is 0 Å². The molecule has 0 spiro atoms. The van der Waals surface area contributed by atoms with E-state index in [0.717, 1.165) is 5.56 Å². The van der Waals surface area contributed by atoms with Crippen LogP contribution < -0.4 is 11.5 Å². The molecule has 0 atom stereocenters. The summed E-state index contributed by atoms with van der Waals surface area (Å²) in [6.07, 6.45) is 0. The molecule has 2 rings (SSSR count). The van der Waals surface area contributed by atoms with Crippen LogP contribution in [0.3, 0.4) is 0 Å². The summed E-state index contributed by atoms with van der Waals surface area (Å²) in [7, 11) is 0. The Hall–Kier alpha value is -1.64. The number of hydrogen-bond acceptors (Lipinski definition) is 2. The highest BCUT2D eigenvalue weighted by Crippen LogP contribution is 2.26. The normalized spacial score (nSPS) is 10.5. The van der Waals surface area contributed by atoms with E-state index in [1.54, 1.807) is 0 Å². The van der Waals surface area contributed by atoms with Gasteiger partial charge >= 0.3 is 0 Å². The first-order valence-electron chi connectivity index (χ1n) is 5.84. The molecule has 0 bridgehead atoms. The van der Waals surface area contributed by atoms with Crippen LogP contribution >= 0.6 is 0 Å². The lowest BCUT2D eigenvalue weighted by Gasteiger charge is -2.11. The minimum absolute atomic E-state index is 0.573. The van der Waals surface area contributed by atoms with Gasteiger partial charge in [0.05, 0.1) is 0 Å². The predicted octanol–water partition coefficient (Wildman–Crippen LogP) is 2.58. The second-order valence-corrected chi connectivity index (χ2v) is 4.20. The molecule has 0 heterocycles. The highest BCUT2D eigenvalue weighted by Gasteiger charge is 2.05. The first kappa shape index (κ1) is 11.8. The quantitative estimate of drug-likeness (QED) is 0.845. The first-order chi connectivity index (χ1) is 8.26. The molecule has 0 aliphatic heterocycles. The zero-order valence-corrected chi connectivity index (χ0v) is 10.1. The number of hydrogen-bond donors (Lipinski definition) is 2. The summed E-state index contributed by atoms with van der Waals surface area (Å²) < 4.78 is 0. The fourth-order valence-corrected chi connectivity index (χ4v) is 2.08. The Kier molecular flexibility index (Phi) is 3.57. The smallest absolute Gasteiger partial charge is 0.0180 e. The molecular weight excluding hydrogens is 208 g/mol. The lowest BCUT2D eigenvalue weighted by molar-refractivity contribution is 1.05. The summed E-state index contributed by atoms with van der Waals surface area (Å²) in [6, 6.07) is 14.6. The first-order valence-corrected chi connectivity index (χ1v) is 5.84. The summed E-state index contributed by atoms with van der Waals surface area (Å²) in [5, 5.41) is 0. The van der Waals surface area contributed by atoms with Crippen LogP contribution in [0.5, 0.6) is 0 Å². The summed E-state index contributed by atoms with van der Waals surface area (Å²) in [4.78, 5) is 0. The van der Waals surface area contributed by atoms with Crippen LogP contribution in [-0.4, -0.2) is 0 Å². The Morgan fingerprint density at radius 1 is 0.941 bits per heavy atom. The third-order valence-electron chi connectivity index (χ3n) is 3.14. The van der Waals surface area contributed by atoms with Crippen molar-refractivity contribution in [3.8, 4) is 11.1 Å². The minimum Gasteiger partial charge on any atom is -0.326 e. The molecule has 0 fully saturated rings. The second kappa shape index (κ2) is 5.13. The van der Waals surface area contributed by atoms with Crippen LogP contribution in [0.25, 0.3) is 11.1 Å². The number of rotatable bonds is 3. The van der Waals surface area contributed by atoms with Crippen LogP contribution in [0.2, 0.25) is 0 Å². The van der Waals surface area contributed by atoms with E-state index in [4.69, 9.17) is 11.5 Å². The van der Waals surface area contributed by atoms with Gasteiger partial charge in [-0.05, 0) is 40.8 Å². The zero-order chi connectivity index (χ0) is 12.3. The maximum Gasteiger partial charge on any atom is 0.0180 e. The molecule has 2 aromatic carbocycles. The van der Waals surface area contributed by atoms with E-state index < -0.39 is 0 Å². The van der Waals surface area contributed by atoms with Gasteiger partial charge in [-0.25, -0.2) is 0 Å². The summed E-state index contributed by atoms with van der Waals surface area (Å²) in [5.74, 6) is 0. The Labute approximate surface area is 102 Å². The van der Waals surface area contributed by atoms with E-state index in [0.29, 0.717) is 13.1 Å². The van der Waals surface area contributed by atoms with Crippen molar-refractivity contribution >= 4 is 0 Å². The fraction of sp³-hybridized carbons (Fsp3) is 0.200. The van der Waals surface area contributed by atoms with Crippen molar-refractivity contribution in [2.24, 2.45) is 11.5 Å². The molecule has 88 valence electrons. The van der Waals surface area contributed by atoms with E-state index in [2.05, 4.69) is 37.3 Å². The Morgan fingerprint density at radius 3 is 2.41 bits per heavy atom. The molecule has 17 heavy (non-hydrogen) atoms. The van der Waals surface area contributed by atoms with Gasteiger partial charge < -0.3 is 11.5 Å². The van der Waals surface area contributed by atoms with Crippen LogP contribution in [0.1, 0.15) is 16.7 Å². The summed E-state index contributed by atoms with van der Waals surface area (Å²) in [5.41, 5.74) is 17.5. The van der Waals surface area contributed by atoms with Gasteiger partial charge in [0, 0.05) is 13.1 Å². The van der Waals surface area contributed by atoms with Crippen molar-refractivity contribution in [3.05, 3.63) is 59.2 Å². The monoisotopic (exact) mass is 226 g/mol. The standard InChI is InChI=1S/C15H18N2/c1-11-14(10-17)6-3-7-15(11)13-5-2-4-12(8-13)9-16/h2-8H,9-10,16-17H2,1H3. The molecule has 0 amide bonds. The van der Waals surface area contributed by atoms with E-state index in [-0.39, 0.29) is 0 Å². The SMILES string of the molecule is Cc1c(CN)cccc1-c1cccc(CN)c1. The van der Waals surface area contributed by atoms with Crippen LogP contribution in [-0.2, 0) is 13.1 Å². The van der Waals surface area contributed by atoms with Gasteiger partial charge in [0.1, 0.15) is 0 Å². The lowest BCUT2D eigenvalue weighted by atomic mass is 9.95. The van der Waals surface area contributed by atoms with Crippen LogP contribution in [0.4, 0.5) is 0 Å². The van der Waals surface area contributed by atoms with E-state index >= 15 is 0 Å². The molecule has 0 saturated heterocycles. The molecule has 2 heteroatoms. The third kappa shape index (κ3) is 2.38. The van der Waals surface area contributed by atoms with Gasteiger partial charge in [-0.2, -0.15) is 0 Å². The van der Waals surface area contributed by atoms with Crippen molar-refractivity contribution in [1.82, 2.24) is 0 Å². The van der Waals surface area contributed by atoms with E-state index in [9.17, 15) is 0 Å². The Morgan fingerprint density at radius 2 is 1.71 bits per heavy atom.